The number of amides is 1. The highest BCUT2D eigenvalue weighted by Gasteiger charge is 2.34. The third kappa shape index (κ3) is 2.58. The molecule has 6 heteroatoms. The average Bonchev–Trinajstić information content (AvgIpc) is 2.35. The molecule has 1 atom stereocenters. The van der Waals surface area contributed by atoms with E-state index in [1.54, 1.807) is 0 Å². The summed E-state index contributed by atoms with van der Waals surface area (Å²) in [4.78, 5) is 13.0. The molecule has 104 valence electrons. The number of hydrogen-bond acceptors (Lipinski definition) is 2. The first-order valence-corrected chi connectivity index (χ1v) is 6.04. The van der Waals surface area contributed by atoms with Gasteiger partial charge in [-0.1, -0.05) is 0 Å². The van der Waals surface area contributed by atoms with Crippen LogP contribution in [-0.2, 0) is 11.0 Å². The molecule has 0 spiro atoms. The third-order valence-corrected chi connectivity index (χ3v) is 3.45. The van der Waals surface area contributed by atoms with Crippen LogP contribution in [0.15, 0.2) is 18.2 Å². The Morgan fingerprint density at radius 2 is 2.16 bits per heavy atom. The minimum Gasteiger partial charge on any atom is -0.330 e. The number of benzene rings is 1. The SMILES string of the molecule is CC(=O)N1CCC(CN)c2cc(C(F)(F)F)ccc21. The largest absolute Gasteiger partial charge is 0.416 e. The number of halogens is 3. The van der Waals surface area contributed by atoms with Crippen molar-refractivity contribution in [3.8, 4) is 0 Å². The summed E-state index contributed by atoms with van der Waals surface area (Å²) in [5.74, 6) is -0.301. The Morgan fingerprint density at radius 1 is 1.47 bits per heavy atom. The van der Waals surface area contributed by atoms with Crippen LogP contribution in [0, 0.1) is 0 Å². The number of anilines is 1. The van der Waals surface area contributed by atoms with Crippen LogP contribution in [-0.4, -0.2) is 19.0 Å². The molecule has 0 fully saturated rings. The van der Waals surface area contributed by atoms with Crippen LogP contribution in [0.2, 0.25) is 0 Å². The van der Waals surface area contributed by atoms with E-state index in [1.165, 1.54) is 17.9 Å². The molecule has 1 aromatic carbocycles. The molecule has 1 aliphatic rings. The molecule has 0 saturated carbocycles. The monoisotopic (exact) mass is 272 g/mol. The van der Waals surface area contributed by atoms with E-state index >= 15 is 0 Å². The Labute approximate surface area is 109 Å². The zero-order valence-corrected chi connectivity index (χ0v) is 10.5. The highest BCUT2D eigenvalue weighted by atomic mass is 19.4. The first-order valence-electron chi connectivity index (χ1n) is 6.04. The number of rotatable bonds is 1. The molecule has 0 aliphatic carbocycles. The topological polar surface area (TPSA) is 46.3 Å². The van der Waals surface area contributed by atoms with Crippen LogP contribution in [0.25, 0.3) is 0 Å². The number of fused-ring (bicyclic) bond motifs is 1. The fraction of sp³-hybridized carbons (Fsp3) is 0.462. The zero-order chi connectivity index (χ0) is 14.2. The smallest absolute Gasteiger partial charge is 0.330 e. The van der Waals surface area contributed by atoms with Gasteiger partial charge in [0.2, 0.25) is 5.91 Å². The molecule has 1 heterocycles. The maximum absolute atomic E-state index is 12.7. The number of hydrogen-bond donors (Lipinski definition) is 1. The molecule has 1 unspecified atom stereocenters. The zero-order valence-electron chi connectivity index (χ0n) is 10.5. The van der Waals surface area contributed by atoms with Crippen molar-refractivity contribution < 1.29 is 18.0 Å². The molecule has 1 amide bonds. The molecule has 2 N–H and O–H groups in total. The Balaban J connectivity index is 2.52. The second kappa shape index (κ2) is 4.85. The third-order valence-electron chi connectivity index (χ3n) is 3.45. The fourth-order valence-electron chi connectivity index (χ4n) is 2.44. The van der Waals surface area contributed by atoms with E-state index in [4.69, 9.17) is 5.73 Å². The molecule has 19 heavy (non-hydrogen) atoms. The number of alkyl halides is 3. The van der Waals surface area contributed by atoms with Crippen molar-refractivity contribution >= 4 is 11.6 Å². The molecule has 0 radical (unpaired) electrons. The first kappa shape index (κ1) is 13.9. The summed E-state index contributed by atoms with van der Waals surface area (Å²) < 4.78 is 38.2. The van der Waals surface area contributed by atoms with Gasteiger partial charge in [-0.2, -0.15) is 13.2 Å². The maximum Gasteiger partial charge on any atom is 0.416 e. The second-order valence-corrected chi connectivity index (χ2v) is 4.66. The van der Waals surface area contributed by atoms with Crippen LogP contribution in [0.4, 0.5) is 18.9 Å². The lowest BCUT2D eigenvalue weighted by Gasteiger charge is -2.33. The standard InChI is InChI=1S/C13H15F3N2O/c1-8(19)18-5-4-9(7-17)11-6-10(13(14,15)16)2-3-12(11)18/h2-3,6,9H,4-5,7,17H2,1H3. The molecular formula is C13H15F3N2O. The van der Waals surface area contributed by atoms with Gasteiger partial charge in [-0.3, -0.25) is 4.79 Å². The summed E-state index contributed by atoms with van der Waals surface area (Å²) in [6.45, 7) is 2.18. The predicted molar refractivity (Wildman–Crippen MR) is 65.9 cm³/mol. The van der Waals surface area contributed by atoms with E-state index < -0.39 is 11.7 Å². The highest BCUT2D eigenvalue weighted by Crippen LogP contribution is 2.39. The quantitative estimate of drug-likeness (QED) is 0.853. The Kier molecular flexibility index (Phi) is 3.54. The van der Waals surface area contributed by atoms with E-state index in [1.807, 2.05) is 0 Å². The summed E-state index contributed by atoms with van der Waals surface area (Å²) in [5, 5.41) is 0. The summed E-state index contributed by atoms with van der Waals surface area (Å²) in [7, 11) is 0. The van der Waals surface area contributed by atoms with E-state index in [9.17, 15) is 18.0 Å². The number of carbonyl (C=O) groups excluding carboxylic acids is 1. The van der Waals surface area contributed by atoms with Gasteiger partial charge in [-0.25, -0.2) is 0 Å². The Hall–Kier alpha value is -1.56. The van der Waals surface area contributed by atoms with Crippen molar-refractivity contribution in [3.63, 3.8) is 0 Å². The van der Waals surface area contributed by atoms with E-state index in [-0.39, 0.29) is 18.4 Å². The minimum absolute atomic E-state index is 0.132. The van der Waals surface area contributed by atoms with Gasteiger partial charge in [0.25, 0.3) is 0 Å². The van der Waals surface area contributed by atoms with Gasteiger partial charge in [-0.15, -0.1) is 0 Å². The molecule has 2 rings (SSSR count). The van der Waals surface area contributed by atoms with Crippen molar-refractivity contribution in [3.05, 3.63) is 29.3 Å². The highest BCUT2D eigenvalue weighted by molar-refractivity contribution is 5.93. The van der Waals surface area contributed by atoms with Gasteiger partial charge in [-0.05, 0) is 42.6 Å². The van der Waals surface area contributed by atoms with E-state index in [0.29, 0.717) is 24.2 Å². The van der Waals surface area contributed by atoms with Crippen molar-refractivity contribution in [2.45, 2.75) is 25.4 Å². The Bertz CT molecular complexity index is 499. The number of nitrogens with two attached hydrogens (primary N) is 1. The van der Waals surface area contributed by atoms with Gasteiger partial charge >= 0.3 is 6.18 Å². The van der Waals surface area contributed by atoms with Crippen LogP contribution in [0.1, 0.15) is 30.4 Å². The van der Waals surface area contributed by atoms with Crippen molar-refractivity contribution in [1.82, 2.24) is 0 Å². The van der Waals surface area contributed by atoms with Crippen LogP contribution >= 0.6 is 0 Å². The summed E-state index contributed by atoms with van der Waals surface area (Å²) in [6.07, 6.45) is -3.79. The van der Waals surface area contributed by atoms with Crippen molar-refractivity contribution in [2.24, 2.45) is 5.73 Å². The van der Waals surface area contributed by atoms with Gasteiger partial charge < -0.3 is 10.6 Å². The van der Waals surface area contributed by atoms with Gasteiger partial charge in [0.1, 0.15) is 0 Å². The van der Waals surface area contributed by atoms with Crippen molar-refractivity contribution in [2.75, 3.05) is 18.0 Å². The van der Waals surface area contributed by atoms with Gasteiger partial charge in [0, 0.05) is 19.2 Å². The normalized spacial score (nSPS) is 19.2. The molecule has 1 aromatic rings. The van der Waals surface area contributed by atoms with Crippen LogP contribution < -0.4 is 10.6 Å². The van der Waals surface area contributed by atoms with Crippen molar-refractivity contribution in [1.29, 1.82) is 0 Å². The molecule has 1 aliphatic heterocycles. The van der Waals surface area contributed by atoms with Gasteiger partial charge in [0.05, 0.1) is 5.56 Å². The lowest BCUT2D eigenvalue weighted by Crippen LogP contribution is -2.36. The first-order chi connectivity index (χ1) is 8.84. The summed E-state index contributed by atoms with van der Waals surface area (Å²) in [5.41, 5.74) is 5.97. The Morgan fingerprint density at radius 3 is 2.68 bits per heavy atom. The molecule has 0 bridgehead atoms. The van der Waals surface area contributed by atoms with Crippen LogP contribution in [0.3, 0.4) is 0 Å². The van der Waals surface area contributed by atoms with Crippen LogP contribution in [0.5, 0.6) is 0 Å². The number of carbonyl (C=O) groups is 1. The predicted octanol–water partition coefficient (Wildman–Crippen LogP) is 2.50. The minimum atomic E-state index is -4.38. The summed E-state index contributed by atoms with van der Waals surface area (Å²) in [6, 6.07) is 3.48. The maximum atomic E-state index is 12.7. The van der Waals surface area contributed by atoms with E-state index in [0.717, 1.165) is 12.1 Å². The lowest BCUT2D eigenvalue weighted by atomic mass is 9.88. The second-order valence-electron chi connectivity index (χ2n) is 4.66. The van der Waals surface area contributed by atoms with Gasteiger partial charge in [0.15, 0.2) is 0 Å². The summed E-state index contributed by atoms with van der Waals surface area (Å²) >= 11 is 0. The lowest BCUT2D eigenvalue weighted by molar-refractivity contribution is -0.137. The molecular weight excluding hydrogens is 257 g/mol. The molecule has 3 nitrogen and oxygen atoms in total. The fourth-order valence-corrected chi connectivity index (χ4v) is 2.44. The molecule has 0 saturated heterocycles. The van der Waals surface area contributed by atoms with E-state index in [2.05, 4.69) is 0 Å². The average molecular weight is 272 g/mol. The number of nitrogens with zero attached hydrogens (tertiary/aromatic N) is 1. The molecule has 0 aromatic heterocycles.